The maximum atomic E-state index is 11.9. The molecular formula is C15H25N3O. The zero-order valence-electron chi connectivity index (χ0n) is 12.2. The van der Waals surface area contributed by atoms with E-state index in [9.17, 15) is 4.79 Å². The molecule has 0 aliphatic heterocycles. The first kappa shape index (κ1) is 15.5. The van der Waals surface area contributed by atoms with Gasteiger partial charge in [0, 0.05) is 25.0 Å². The van der Waals surface area contributed by atoms with Gasteiger partial charge in [-0.25, -0.2) is 0 Å². The van der Waals surface area contributed by atoms with E-state index in [1.165, 1.54) is 0 Å². The van der Waals surface area contributed by atoms with Crippen LogP contribution in [0.3, 0.4) is 0 Å². The standard InChI is InChI=1S/C15H25N3O/c1-4-8-16-13-7-10-17-14(11-13)15(19)18-9-5-6-12(2)3/h7,10-12H,4-6,8-9H2,1-3H3,(H,16,17)(H,18,19). The van der Waals surface area contributed by atoms with E-state index < -0.39 is 0 Å². The first-order valence-electron chi connectivity index (χ1n) is 7.11. The van der Waals surface area contributed by atoms with Gasteiger partial charge in [-0.3, -0.25) is 9.78 Å². The van der Waals surface area contributed by atoms with Crippen LogP contribution in [0.4, 0.5) is 5.69 Å². The molecule has 0 spiro atoms. The maximum absolute atomic E-state index is 11.9. The summed E-state index contributed by atoms with van der Waals surface area (Å²) in [7, 11) is 0. The van der Waals surface area contributed by atoms with E-state index in [-0.39, 0.29) is 5.91 Å². The van der Waals surface area contributed by atoms with Crippen molar-refractivity contribution in [3.63, 3.8) is 0 Å². The molecular weight excluding hydrogens is 238 g/mol. The van der Waals surface area contributed by atoms with Crippen LogP contribution in [0.25, 0.3) is 0 Å². The number of hydrogen-bond acceptors (Lipinski definition) is 3. The zero-order chi connectivity index (χ0) is 14.1. The molecule has 106 valence electrons. The Hall–Kier alpha value is -1.58. The van der Waals surface area contributed by atoms with E-state index in [1.807, 2.05) is 6.07 Å². The monoisotopic (exact) mass is 263 g/mol. The molecule has 0 aliphatic carbocycles. The summed E-state index contributed by atoms with van der Waals surface area (Å²) in [5.74, 6) is 0.584. The Bertz CT molecular complexity index is 391. The van der Waals surface area contributed by atoms with E-state index in [2.05, 4.69) is 36.4 Å². The van der Waals surface area contributed by atoms with Gasteiger partial charge in [0.25, 0.3) is 5.91 Å². The van der Waals surface area contributed by atoms with Gasteiger partial charge in [-0.05, 0) is 37.3 Å². The molecule has 0 saturated heterocycles. The molecule has 0 atom stereocenters. The number of rotatable bonds is 8. The van der Waals surface area contributed by atoms with Crippen molar-refractivity contribution in [3.8, 4) is 0 Å². The summed E-state index contributed by atoms with van der Waals surface area (Å²) in [5.41, 5.74) is 1.43. The minimum atomic E-state index is -0.0936. The lowest BCUT2D eigenvalue weighted by Gasteiger charge is -2.08. The summed E-state index contributed by atoms with van der Waals surface area (Å²) in [4.78, 5) is 16.0. The van der Waals surface area contributed by atoms with E-state index in [1.54, 1.807) is 12.3 Å². The van der Waals surface area contributed by atoms with E-state index >= 15 is 0 Å². The molecule has 0 bridgehead atoms. The minimum absolute atomic E-state index is 0.0936. The number of nitrogens with zero attached hydrogens (tertiary/aromatic N) is 1. The van der Waals surface area contributed by atoms with Crippen LogP contribution in [0.5, 0.6) is 0 Å². The summed E-state index contributed by atoms with van der Waals surface area (Å²) in [5, 5.41) is 6.16. The third-order valence-corrected chi connectivity index (χ3v) is 2.82. The van der Waals surface area contributed by atoms with Gasteiger partial charge in [0.1, 0.15) is 5.69 Å². The Morgan fingerprint density at radius 3 is 2.84 bits per heavy atom. The van der Waals surface area contributed by atoms with E-state index in [0.29, 0.717) is 18.2 Å². The van der Waals surface area contributed by atoms with Crippen molar-refractivity contribution < 1.29 is 4.79 Å². The lowest BCUT2D eigenvalue weighted by atomic mass is 10.1. The average molecular weight is 263 g/mol. The lowest BCUT2D eigenvalue weighted by Crippen LogP contribution is -2.25. The van der Waals surface area contributed by atoms with Crippen molar-refractivity contribution in [3.05, 3.63) is 24.0 Å². The van der Waals surface area contributed by atoms with Gasteiger partial charge in [-0.2, -0.15) is 0 Å². The molecule has 0 aliphatic rings. The fourth-order valence-electron chi connectivity index (χ4n) is 1.74. The number of anilines is 1. The Balaban J connectivity index is 2.43. The zero-order valence-corrected chi connectivity index (χ0v) is 12.2. The molecule has 4 heteroatoms. The molecule has 1 heterocycles. The molecule has 0 aromatic carbocycles. The fraction of sp³-hybridized carbons (Fsp3) is 0.600. The molecule has 4 nitrogen and oxygen atoms in total. The quantitative estimate of drug-likeness (QED) is 0.709. The molecule has 0 radical (unpaired) electrons. The number of nitrogens with one attached hydrogen (secondary N) is 2. The van der Waals surface area contributed by atoms with Crippen molar-refractivity contribution in [2.75, 3.05) is 18.4 Å². The number of carbonyl (C=O) groups is 1. The Labute approximate surface area is 116 Å². The van der Waals surface area contributed by atoms with Crippen molar-refractivity contribution in [2.24, 2.45) is 5.92 Å². The second kappa shape index (κ2) is 8.51. The molecule has 0 unspecified atom stereocenters. The van der Waals surface area contributed by atoms with Gasteiger partial charge in [-0.1, -0.05) is 20.8 Å². The van der Waals surface area contributed by atoms with Crippen LogP contribution < -0.4 is 10.6 Å². The van der Waals surface area contributed by atoms with Crippen LogP contribution in [-0.4, -0.2) is 24.0 Å². The molecule has 0 saturated carbocycles. The van der Waals surface area contributed by atoms with Crippen LogP contribution in [0, 0.1) is 5.92 Å². The second-order valence-corrected chi connectivity index (χ2v) is 5.15. The highest BCUT2D eigenvalue weighted by Crippen LogP contribution is 2.08. The SMILES string of the molecule is CCCNc1ccnc(C(=O)NCCCC(C)C)c1. The van der Waals surface area contributed by atoms with Gasteiger partial charge in [0.2, 0.25) is 0 Å². The number of hydrogen-bond donors (Lipinski definition) is 2. The van der Waals surface area contributed by atoms with Crippen LogP contribution in [0.2, 0.25) is 0 Å². The Kier molecular flexibility index (Phi) is 6.93. The number of pyridine rings is 1. The van der Waals surface area contributed by atoms with Crippen LogP contribution >= 0.6 is 0 Å². The molecule has 1 aromatic heterocycles. The van der Waals surface area contributed by atoms with Gasteiger partial charge < -0.3 is 10.6 Å². The summed E-state index contributed by atoms with van der Waals surface area (Å²) in [6.45, 7) is 8.10. The predicted octanol–water partition coefficient (Wildman–Crippen LogP) is 3.07. The fourth-order valence-corrected chi connectivity index (χ4v) is 1.74. The predicted molar refractivity (Wildman–Crippen MR) is 79.4 cm³/mol. The second-order valence-electron chi connectivity index (χ2n) is 5.15. The van der Waals surface area contributed by atoms with Gasteiger partial charge in [0.05, 0.1) is 0 Å². The van der Waals surface area contributed by atoms with Gasteiger partial charge in [-0.15, -0.1) is 0 Å². The van der Waals surface area contributed by atoms with E-state index in [4.69, 9.17) is 0 Å². The third kappa shape index (κ3) is 6.22. The molecule has 1 aromatic rings. The average Bonchev–Trinajstić information content (AvgIpc) is 2.41. The normalized spacial score (nSPS) is 10.5. The van der Waals surface area contributed by atoms with Crippen LogP contribution in [0.15, 0.2) is 18.3 Å². The van der Waals surface area contributed by atoms with Crippen molar-refractivity contribution in [1.29, 1.82) is 0 Å². The van der Waals surface area contributed by atoms with Gasteiger partial charge in [0.15, 0.2) is 0 Å². The molecule has 1 amide bonds. The third-order valence-electron chi connectivity index (χ3n) is 2.82. The van der Waals surface area contributed by atoms with Crippen molar-refractivity contribution >= 4 is 11.6 Å². The highest BCUT2D eigenvalue weighted by molar-refractivity contribution is 5.93. The minimum Gasteiger partial charge on any atom is -0.385 e. The maximum Gasteiger partial charge on any atom is 0.269 e. The first-order valence-corrected chi connectivity index (χ1v) is 7.11. The van der Waals surface area contributed by atoms with Crippen molar-refractivity contribution in [1.82, 2.24) is 10.3 Å². The summed E-state index contributed by atoms with van der Waals surface area (Å²) >= 11 is 0. The summed E-state index contributed by atoms with van der Waals surface area (Å²) < 4.78 is 0. The first-order chi connectivity index (χ1) is 9.13. The topological polar surface area (TPSA) is 54.0 Å². The highest BCUT2D eigenvalue weighted by Gasteiger charge is 2.07. The molecule has 19 heavy (non-hydrogen) atoms. The molecule has 0 fully saturated rings. The smallest absolute Gasteiger partial charge is 0.269 e. The van der Waals surface area contributed by atoms with Crippen LogP contribution in [0.1, 0.15) is 50.5 Å². The number of amides is 1. The lowest BCUT2D eigenvalue weighted by molar-refractivity contribution is 0.0947. The van der Waals surface area contributed by atoms with Crippen molar-refractivity contribution in [2.45, 2.75) is 40.0 Å². The number of aromatic nitrogens is 1. The molecule has 2 N–H and O–H groups in total. The largest absolute Gasteiger partial charge is 0.385 e. The highest BCUT2D eigenvalue weighted by atomic mass is 16.1. The van der Waals surface area contributed by atoms with E-state index in [0.717, 1.165) is 31.5 Å². The summed E-state index contributed by atoms with van der Waals surface area (Å²) in [6, 6.07) is 3.68. The Morgan fingerprint density at radius 2 is 2.16 bits per heavy atom. The van der Waals surface area contributed by atoms with Crippen LogP contribution in [-0.2, 0) is 0 Å². The van der Waals surface area contributed by atoms with Gasteiger partial charge >= 0.3 is 0 Å². The number of carbonyl (C=O) groups excluding carboxylic acids is 1. The molecule has 1 rings (SSSR count). The Morgan fingerprint density at radius 1 is 1.37 bits per heavy atom. The summed E-state index contributed by atoms with van der Waals surface area (Å²) in [6.07, 6.45) is 4.86.